The fourth-order valence-electron chi connectivity index (χ4n) is 2.16. The topological polar surface area (TPSA) is 43.2 Å². The monoisotopic (exact) mass is 264 g/mol. The molecule has 1 aromatic rings. The summed E-state index contributed by atoms with van der Waals surface area (Å²) in [4.78, 5) is 8.69. The van der Waals surface area contributed by atoms with E-state index in [1.807, 2.05) is 26.0 Å². The highest BCUT2D eigenvalue weighted by Crippen LogP contribution is 2.25. The zero-order chi connectivity index (χ0) is 13.2. The van der Waals surface area contributed by atoms with Gasteiger partial charge in [0.15, 0.2) is 0 Å². The van der Waals surface area contributed by atoms with Crippen molar-refractivity contribution in [3.63, 3.8) is 0 Å². The smallest absolute Gasteiger partial charge is 0.147 e. The molecule has 1 aromatic heterocycles. The summed E-state index contributed by atoms with van der Waals surface area (Å²) in [6, 6.07) is 6.03. The van der Waals surface area contributed by atoms with Crippen molar-refractivity contribution in [2.75, 3.05) is 31.1 Å². The van der Waals surface area contributed by atoms with Gasteiger partial charge in [0.25, 0.3) is 0 Å². The summed E-state index contributed by atoms with van der Waals surface area (Å²) in [6.45, 7) is 7.32. The van der Waals surface area contributed by atoms with E-state index in [0.29, 0.717) is 5.02 Å². The predicted octanol–water partition coefficient (Wildman–Crippen LogP) is 2.16. The molecule has 18 heavy (non-hydrogen) atoms. The largest absolute Gasteiger partial charge is 0.353 e. The molecule has 1 saturated heterocycles. The Labute approximate surface area is 113 Å². The van der Waals surface area contributed by atoms with Gasteiger partial charge in [-0.2, -0.15) is 5.26 Å². The van der Waals surface area contributed by atoms with Crippen LogP contribution in [0, 0.1) is 11.3 Å². The van der Waals surface area contributed by atoms with Gasteiger partial charge in [0.05, 0.1) is 11.1 Å². The van der Waals surface area contributed by atoms with Crippen LogP contribution < -0.4 is 4.90 Å². The Morgan fingerprint density at radius 1 is 1.33 bits per heavy atom. The molecule has 0 spiro atoms. The first-order valence-electron chi connectivity index (χ1n) is 6.06. The zero-order valence-corrected chi connectivity index (χ0v) is 11.5. The number of nitrogens with zero attached hydrogens (tertiary/aromatic N) is 4. The molecule has 0 saturated carbocycles. The van der Waals surface area contributed by atoms with Crippen LogP contribution in [0.4, 0.5) is 5.82 Å². The van der Waals surface area contributed by atoms with Crippen molar-refractivity contribution in [2.24, 2.45) is 0 Å². The molecule has 0 radical (unpaired) electrons. The lowest BCUT2D eigenvalue weighted by Crippen LogP contribution is -2.54. The summed E-state index contributed by atoms with van der Waals surface area (Å²) in [5.41, 5.74) is -0.403. The van der Waals surface area contributed by atoms with E-state index in [0.717, 1.165) is 32.0 Å². The second-order valence-electron chi connectivity index (χ2n) is 4.95. The summed E-state index contributed by atoms with van der Waals surface area (Å²) in [5, 5.41) is 9.82. The SMILES string of the molecule is CC(C)(C#N)N1CCN(c2ncccc2Cl)CC1. The number of aromatic nitrogens is 1. The molecule has 1 fully saturated rings. The molecule has 0 unspecified atom stereocenters. The first-order chi connectivity index (χ1) is 8.54. The molecule has 1 aliphatic heterocycles. The van der Waals surface area contributed by atoms with E-state index in [4.69, 9.17) is 16.9 Å². The van der Waals surface area contributed by atoms with E-state index >= 15 is 0 Å². The molecular weight excluding hydrogens is 248 g/mol. The van der Waals surface area contributed by atoms with Crippen LogP contribution in [0.15, 0.2) is 18.3 Å². The molecule has 1 aliphatic rings. The van der Waals surface area contributed by atoms with Crippen molar-refractivity contribution in [1.29, 1.82) is 5.26 Å². The summed E-state index contributed by atoms with van der Waals surface area (Å²) < 4.78 is 0. The molecule has 0 N–H and O–H groups in total. The Bertz CT molecular complexity index is 458. The maximum Gasteiger partial charge on any atom is 0.147 e. The van der Waals surface area contributed by atoms with Crippen molar-refractivity contribution in [3.05, 3.63) is 23.4 Å². The van der Waals surface area contributed by atoms with Crippen molar-refractivity contribution >= 4 is 17.4 Å². The van der Waals surface area contributed by atoms with E-state index in [1.165, 1.54) is 0 Å². The highest BCUT2D eigenvalue weighted by Gasteiger charge is 2.30. The Morgan fingerprint density at radius 3 is 2.56 bits per heavy atom. The van der Waals surface area contributed by atoms with E-state index in [2.05, 4.69) is 20.9 Å². The normalized spacial score (nSPS) is 17.6. The van der Waals surface area contributed by atoms with Crippen LogP contribution in [0.1, 0.15) is 13.8 Å². The Kier molecular flexibility index (Phi) is 3.74. The van der Waals surface area contributed by atoms with Crippen molar-refractivity contribution in [3.8, 4) is 6.07 Å². The van der Waals surface area contributed by atoms with Crippen molar-refractivity contribution < 1.29 is 0 Å². The number of anilines is 1. The lowest BCUT2D eigenvalue weighted by molar-refractivity contribution is 0.158. The Hall–Kier alpha value is -1.31. The van der Waals surface area contributed by atoms with Crippen LogP contribution in [-0.2, 0) is 0 Å². The molecule has 0 aromatic carbocycles. The minimum atomic E-state index is -0.403. The lowest BCUT2D eigenvalue weighted by atomic mass is 10.0. The van der Waals surface area contributed by atoms with Crippen LogP contribution in [0.25, 0.3) is 0 Å². The first-order valence-corrected chi connectivity index (χ1v) is 6.44. The van der Waals surface area contributed by atoms with Gasteiger partial charge in [-0.3, -0.25) is 4.90 Å². The maximum absolute atomic E-state index is 9.13. The molecule has 5 heteroatoms. The van der Waals surface area contributed by atoms with Gasteiger partial charge in [0.2, 0.25) is 0 Å². The van der Waals surface area contributed by atoms with Crippen LogP contribution in [0.5, 0.6) is 0 Å². The van der Waals surface area contributed by atoms with Gasteiger partial charge in [-0.15, -0.1) is 0 Å². The van der Waals surface area contributed by atoms with Gasteiger partial charge < -0.3 is 4.90 Å². The number of nitriles is 1. The average Bonchev–Trinajstić information content (AvgIpc) is 2.39. The standard InChI is InChI=1S/C13H17ClN4/c1-13(2,10-15)18-8-6-17(7-9-18)12-11(14)4-3-5-16-12/h3-5H,6-9H2,1-2H3. The number of halogens is 1. The molecular formula is C13H17ClN4. The Morgan fingerprint density at radius 2 is 2.00 bits per heavy atom. The highest BCUT2D eigenvalue weighted by atomic mass is 35.5. The van der Waals surface area contributed by atoms with Crippen LogP contribution in [-0.4, -0.2) is 41.6 Å². The van der Waals surface area contributed by atoms with Gasteiger partial charge in [-0.05, 0) is 26.0 Å². The molecule has 0 atom stereocenters. The fourth-order valence-corrected chi connectivity index (χ4v) is 2.40. The minimum absolute atomic E-state index is 0.403. The van der Waals surface area contributed by atoms with E-state index < -0.39 is 5.54 Å². The molecule has 2 heterocycles. The third-order valence-electron chi connectivity index (χ3n) is 3.38. The average molecular weight is 265 g/mol. The third kappa shape index (κ3) is 2.58. The second kappa shape index (κ2) is 5.13. The number of piperazine rings is 1. The Balaban J connectivity index is 2.04. The number of hydrogen-bond donors (Lipinski definition) is 0. The minimum Gasteiger partial charge on any atom is -0.353 e. The summed E-state index contributed by atoms with van der Waals surface area (Å²) >= 11 is 6.14. The van der Waals surface area contributed by atoms with E-state index in [-0.39, 0.29) is 0 Å². The molecule has 2 rings (SSSR count). The fraction of sp³-hybridized carbons (Fsp3) is 0.538. The summed E-state index contributed by atoms with van der Waals surface area (Å²) in [6.07, 6.45) is 1.76. The molecule has 0 aliphatic carbocycles. The lowest BCUT2D eigenvalue weighted by Gasteiger charge is -2.41. The molecule has 0 bridgehead atoms. The van der Waals surface area contributed by atoms with E-state index in [1.54, 1.807) is 6.20 Å². The second-order valence-corrected chi connectivity index (χ2v) is 5.36. The maximum atomic E-state index is 9.13. The number of pyridine rings is 1. The molecule has 4 nitrogen and oxygen atoms in total. The van der Waals surface area contributed by atoms with Crippen LogP contribution >= 0.6 is 11.6 Å². The van der Waals surface area contributed by atoms with Gasteiger partial charge >= 0.3 is 0 Å². The van der Waals surface area contributed by atoms with Crippen molar-refractivity contribution in [2.45, 2.75) is 19.4 Å². The summed E-state index contributed by atoms with van der Waals surface area (Å²) in [5.74, 6) is 0.841. The zero-order valence-electron chi connectivity index (χ0n) is 10.7. The quantitative estimate of drug-likeness (QED) is 0.821. The van der Waals surface area contributed by atoms with Gasteiger partial charge in [0.1, 0.15) is 11.4 Å². The highest BCUT2D eigenvalue weighted by molar-refractivity contribution is 6.32. The van der Waals surface area contributed by atoms with Gasteiger partial charge in [-0.1, -0.05) is 11.6 Å². The van der Waals surface area contributed by atoms with Gasteiger partial charge in [0, 0.05) is 32.4 Å². The number of rotatable bonds is 2. The molecule has 0 amide bonds. The summed E-state index contributed by atoms with van der Waals surface area (Å²) in [7, 11) is 0. The van der Waals surface area contributed by atoms with Crippen LogP contribution in [0.2, 0.25) is 5.02 Å². The predicted molar refractivity (Wildman–Crippen MR) is 72.7 cm³/mol. The van der Waals surface area contributed by atoms with Crippen molar-refractivity contribution in [1.82, 2.24) is 9.88 Å². The first kappa shape index (κ1) is 13.1. The molecule has 96 valence electrons. The van der Waals surface area contributed by atoms with Gasteiger partial charge in [-0.25, -0.2) is 4.98 Å². The van der Waals surface area contributed by atoms with Crippen LogP contribution in [0.3, 0.4) is 0 Å². The van der Waals surface area contributed by atoms with E-state index in [9.17, 15) is 0 Å². The number of hydrogen-bond acceptors (Lipinski definition) is 4. The third-order valence-corrected chi connectivity index (χ3v) is 3.68.